The first-order chi connectivity index (χ1) is 9.56. The molecule has 3 heteroatoms. The number of hydrogen-bond acceptors (Lipinski definition) is 3. The normalized spacial score (nSPS) is 23.8. The van der Waals surface area contributed by atoms with Crippen LogP contribution in [-0.4, -0.2) is 43.3 Å². The zero-order chi connectivity index (χ0) is 14.5. The van der Waals surface area contributed by atoms with Crippen molar-refractivity contribution in [2.24, 2.45) is 0 Å². The van der Waals surface area contributed by atoms with Gasteiger partial charge in [-0.3, -0.25) is 4.90 Å². The van der Waals surface area contributed by atoms with Gasteiger partial charge in [0.05, 0.1) is 18.8 Å². The maximum Gasteiger partial charge on any atom is 0.125 e. The van der Waals surface area contributed by atoms with E-state index >= 15 is 0 Å². The van der Waals surface area contributed by atoms with Crippen LogP contribution in [0.25, 0.3) is 0 Å². The Morgan fingerprint density at radius 1 is 1.15 bits per heavy atom. The number of hydrogen-bond donors (Lipinski definition) is 0. The lowest BCUT2D eigenvalue weighted by Gasteiger charge is -2.35. The first-order valence-electron chi connectivity index (χ1n) is 7.63. The summed E-state index contributed by atoms with van der Waals surface area (Å²) in [5.74, 6) is 1.05. The molecule has 1 aliphatic rings. The van der Waals surface area contributed by atoms with Crippen molar-refractivity contribution in [3.63, 3.8) is 0 Å². The molecule has 1 saturated heterocycles. The van der Waals surface area contributed by atoms with Gasteiger partial charge in [0.1, 0.15) is 5.75 Å². The number of nitrogens with zero attached hydrogens (tertiary/aromatic N) is 1. The summed E-state index contributed by atoms with van der Waals surface area (Å²) in [5, 5.41) is 0. The van der Waals surface area contributed by atoms with E-state index in [0.29, 0.717) is 12.2 Å². The van der Waals surface area contributed by atoms with Crippen molar-refractivity contribution in [3.05, 3.63) is 29.3 Å². The van der Waals surface area contributed by atoms with Gasteiger partial charge >= 0.3 is 0 Å². The Hall–Kier alpha value is -1.06. The summed E-state index contributed by atoms with van der Waals surface area (Å²) < 4.78 is 11.7. The smallest absolute Gasteiger partial charge is 0.125 e. The molecule has 2 atom stereocenters. The zero-order valence-electron chi connectivity index (χ0n) is 13.2. The third-order valence-electron chi connectivity index (χ3n) is 3.77. The van der Waals surface area contributed by atoms with Crippen LogP contribution in [0, 0.1) is 13.8 Å². The van der Waals surface area contributed by atoms with Crippen LogP contribution in [0.1, 0.15) is 31.4 Å². The van der Waals surface area contributed by atoms with Crippen molar-refractivity contribution in [1.82, 2.24) is 4.90 Å². The number of para-hydroxylation sites is 1. The van der Waals surface area contributed by atoms with Crippen LogP contribution in [0.5, 0.6) is 5.75 Å². The monoisotopic (exact) mass is 277 g/mol. The third kappa shape index (κ3) is 4.22. The van der Waals surface area contributed by atoms with Crippen LogP contribution in [0.15, 0.2) is 18.2 Å². The molecule has 0 aromatic heterocycles. The molecule has 1 fully saturated rings. The molecule has 20 heavy (non-hydrogen) atoms. The standard InChI is InChI=1S/C17H27NO2/c1-13-7-5-8-14(2)17(13)19-10-6-9-18-11-15(3)20-16(4)12-18/h5,7-8,15-16H,6,9-12H2,1-4H3/t15-,16-/m1/s1. The summed E-state index contributed by atoms with van der Waals surface area (Å²) in [5.41, 5.74) is 2.44. The number of ether oxygens (including phenoxy) is 2. The maximum atomic E-state index is 5.95. The van der Waals surface area contributed by atoms with E-state index in [-0.39, 0.29) is 0 Å². The Kier molecular flexibility index (Phi) is 5.44. The fourth-order valence-corrected chi connectivity index (χ4v) is 2.96. The molecule has 0 saturated carbocycles. The van der Waals surface area contributed by atoms with E-state index < -0.39 is 0 Å². The van der Waals surface area contributed by atoms with Crippen LogP contribution in [0.3, 0.4) is 0 Å². The van der Waals surface area contributed by atoms with Crippen LogP contribution in [0.2, 0.25) is 0 Å². The maximum absolute atomic E-state index is 5.95. The zero-order valence-corrected chi connectivity index (χ0v) is 13.2. The molecule has 2 rings (SSSR count). The van der Waals surface area contributed by atoms with E-state index in [9.17, 15) is 0 Å². The Balaban J connectivity index is 1.74. The van der Waals surface area contributed by atoms with Gasteiger partial charge in [-0.25, -0.2) is 0 Å². The third-order valence-corrected chi connectivity index (χ3v) is 3.77. The summed E-state index contributed by atoms with van der Waals surface area (Å²) in [6.07, 6.45) is 1.75. The summed E-state index contributed by atoms with van der Waals surface area (Å²) in [6, 6.07) is 6.29. The van der Waals surface area contributed by atoms with Gasteiger partial charge < -0.3 is 9.47 Å². The second kappa shape index (κ2) is 7.09. The van der Waals surface area contributed by atoms with Gasteiger partial charge in [-0.1, -0.05) is 18.2 Å². The highest BCUT2D eigenvalue weighted by atomic mass is 16.5. The molecular weight excluding hydrogens is 250 g/mol. The van der Waals surface area contributed by atoms with Gasteiger partial charge in [0.15, 0.2) is 0 Å². The van der Waals surface area contributed by atoms with Crippen molar-refractivity contribution >= 4 is 0 Å². The largest absolute Gasteiger partial charge is 0.493 e. The van der Waals surface area contributed by atoms with Crippen molar-refractivity contribution in [2.45, 2.75) is 46.3 Å². The van der Waals surface area contributed by atoms with Gasteiger partial charge in [-0.2, -0.15) is 0 Å². The summed E-state index contributed by atoms with van der Waals surface area (Å²) >= 11 is 0. The minimum absolute atomic E-state index is 0.346. The molecule has 1 aliphatic heterocycles. The van der Waals surface area contributed by atoms with Crippen LogP contribution >= 0.6 is 0 Å². The Morgan fingerprint density at radius 3 is 2.35 bits per heavy atom. The highest BCUT2D eigenvalue weighted by Crippen LogP contribution is 2.22. The molecule has 0 bridgehead atoms. The lowest BCUT2D eigenvalue weighted by Crippen LogP contribution is -2.45. The van der Waals surface area contributed by atoms with Crippen molar-refractivity contribution in [3.8, 4) is 5.75 Å². The van der Waals surface area contributed by atoms with Crippen molar-refractivity contribution in [1.29, 1.82) is 0 Å². The van der Waals surface area contributed by atoms with E-state index in [1.54, 1.807) is 0 Å². The second-order valence-electron chi connectivity index (χ2n) is 5.94. The molecule has 112 valence electrons. The van der Waals surface area contributed by atoms with E-state index in [1.807, 2.05) is 0 Å². The predicted molar refractivity (Wildman–Crippen MR) is 82.5 cm³/mol. The van der Waals surface area contributed by atoms with Gasteiger partial charge in [0.25, 0.3) is 0 Å². The molecule has 1 aromatic rings. The van der Waals surface area contributed by atoms with E-state index in [0.717, 1.165) is 38.4 Å². The topological polar surface area (TPSA) is 21.7 Å². The molecular formula is C17H27NO2. The van der Waals surface area contributed by atoms with E-state index in [4.69, 9.17) is 9.47 Å². The van der Waals surface area contributed by atoms with Gasteiger partial charge in [0, 0.05) is 19.6 Å². The van der Waals surface area contributed by atoms with Crippen LogP contribution in [-0.2, 0) is 4.74 Å². The molecule has 0 radical (unpaired) electrons. The summed E-state index contributed by atoms with van der Waals surface area (Å²) in [7, 11) is 0. The second-order valence-corrected chi connectivity index (χ2v) is 5.94. The average Bonchev–Trinajstić information content (AvgIpc) is 2.36. The fraction of sp³-hybridized carbons (Fsp3) is 0.647. The molecule has 0 N–H and O–H groups in total. The molecule has 0 aliphatic carbocycles. The number of benzene rings is 1. The quantitative estimate of drug-likeness (QED) is 0.772. The predicted octanol–water partition coefficient (Wildman–Crippen LogP) is 3.18. The number of rotatable bonds is 5. The van der Waals surface area contributed by atoms with Crippen molar-refractivity contribution < 1.29 is 9.47 Å². The number of aryl methyl sites for hydroxylation is 2. The fourth-order valence-electron chi connectivity index (χ4n) is 2.96. The van der Waals surface area contributed by atoms with Crippen LogP contribution in [0.4, 0.5) is 0 Å². The summed E-state index contributed by atoms with van der Waals surface area (Å²) in [6.45, 7) is 12.4. The Labute approximate surface area is 122 Å². The lowest BCUT2D eigenvalue weighted by atomic mass is 10.1. The Bertz CT molecular complexity index is 403. The molecule has 1 aromatic carbocycles. The number of morpholine rings is 1. The highest BCUT2D eigenvalue weighted by molar-refractivity contribution is 5.39. The van der Waals surface area contributed by atoms with Gasteiger partial charge in [-0.15, -0.1) is 0 Å². The first kappa shape index (κ1) is 15.3. The molecule has 1 heterocycles. The van der Waals surface area contributed by atoms with E-state index in [2.05, 4.69) is 50.8 Å². The molecule has 0 spiro atoms. The van der Waals surface area contributed by atoms with Gasteiger partial charge in [0.2, 0.25) is 0 Å². The highest BCUT2D eigenvalue weighted by Gasteiger charge is 2.21. The minimum Gasteiger partial charge on any atom is -0.493 e. The SMILES string of the molecule is Cc1cccc(C)c1OCCCN1C[C@@H](C)O[C@H](C)C1. The van der Waals surface area contributed by atoms with E-state index in [1.165, 1.54) is 11.1 Å². The van der Waals surface area contributed by atoms with Gasteiger partial charge in [-0.05, 0) is 45.2 Å². The summed E-state index contributed by atoms with van der Waals surface area (Å²) in [4.78, 5) is 2.48. The lowest BCUT2D eigenvalue weighted by molar-refractivity contribution is -0.0686. The molecule has 3 nitrogen and oxygen atoms in total. The average molecular weight is 277 g/mol. The first-order valence-corrected chi connectivity index (χ1v) is 7.63. The van der Waals surface area contributed by atoms with Crippen LogP contribution < -0.4 is 4.74 Å². The Morgan fingerprint density at radius 2 is 1.75 bits per heavy atom. The van der Waals surface area contributed by atoms with Crippen molar-refractivity contribution in [2.75, 3.05) is 26.2 Å². The molecule has 0 amide bonds. The minimum atomic E-state index is 0.346. The molecule has 0 unspecified atom stereocenters.